The molecule has 0 heterocycles. The van der Waals surface area contributed by atoms with Crippen molar-refractivity contribution in [1.82, 2.24) is 16.0 Å². The van der Waals surface area contributed by atoms with Gasteiger partial charge in [-0.2, -0.15) is 0 Å². The Labute approximate surface area is 339 Å². The molecule has 1 fully saturated rings. The maximum absolute atomic E-state index is 10.8. The van der Waals surface area contributed by atoms with E-state index in [-0.39, 0.29) is 45.9 Å². The summed E-state index contributed by atoms with van der Waals surface area (Å²) in [6.45, 7) is 10.5. The molecule has 3 aromatic rings. The van der Waals surface area contributed by atoms with E-state index in [4.69, 9.17) is 36.7 Å². The Hall–Kier alpha value is -5.67. The highest BCUT2D eigenvalue weighted by atomic mass is 32.1. The maximum atomic E-state index is 10.8. The van der Waals surface area contributed by atoms with Crippen LogP contribution in [0.25, 0.3) is 0 Å². The van der Waals surface area contributed by atoms with Gasteiger partial charge >= 0.3 is 17.1 Å². The van der Waals surface area contributed by atoms with E-state index in [1.165, 1.54) is 80.6 Å². The largest absolute Gasteiger partial charge is 0.502 e. The third-order valence-corrected chi connectivity index (χ3v) is 8.14. The minimum Gasteiger partial charge on any atom is -0.502 e. The standard InChI is InChI=1S/C14H19N3O3S.C11H15N3O3S.C10H13N3O3S/c18-13-7-6-11(8-12(13)17(19)20)16-14(21)15-9-10-4-2-1-3-5-10;1-11(2,3)13-10(18)12-7-4-5-9(15)8(6-7)14(16)17;1-6(2)11-10(17)12-7-3-4-9(14)8(5-7)13(15)16/h6-8,10,18H,1-5,9H2,(H2,15,16,21);4-6,15H,1-3H3,(H2,12,13,18);3-6,14H,1-2H3,(H2,11,12,17). The van der Waals surface area contributed by atoms with Gasteiger partial charge in [0.05, 0.1) is 14.8 Å². The summed E-state index contributed by atoms with van der Waals surface area (Å²) in [5.74, 6) is -0.456. The Morgan fingerprint density at radius 3 is 1.41 bits per heavy atom. The number of hydrogen-bond donors (Lipinski definition) is 9. The molecule has 9 N–H and O–H groups in total. The predicted molar refractivity (Wildman–Crippen MR) is 229 cm³/mol. The Morgan fingerprint density at radius 1 is 0.679 bits per heavy atom. The SMILES string of the molecule is CC(C)(C)NC(=S)Nc1ccc(O)c([N+](=O)[O-])c1.CC(C)NC(=S)Nc1ccc(O)c([N+](=O)[O-])c1.O=[N+]([O-])c1cc(NC(=S)NCC2CCCCC2)ccc1O. The van der Waals surface area contributed by atoms with Gasteiger partial charge in [-0.25, -0.2) is 0 Å². The number of nitro groups is 3. The summed E-state index contributed by atoms with van der Waals surface area (Å²) in [6, 6.07) is 12.2. The van der Waals surface area contributed by atoms with Crippen LogP contribution >= 0.6 is 36.7 Å². The summed E-state index contributed by atoms with van der Waals surface area (Å²) in [5, 5.41) is 78.8. The van der Waals surface area contributed by atoms with E-state index in [0.717, 1.165) is 6.54 Å². The highest BCUT2D eigenvalue weighted by molar-refractivity contribution is 7.80. The Kier molecular flexibility index (Phi) is 18.3. The lowest BCUT2D eigenvalue weighted by atomic mass is 9.89. The molecule has 0 saturated heterocycles. The number of aromatic hydroxyl groups is 3. The number of nitrogens with zero attached hydrogens (tertiary/aromatic N) is 3. The number of hydrogen-bond acceptors (Lipinski definition) is 12. The summed E-state index contributed by atoms with van der Waals surface area (Å²) < 4.78 is 0. The van der Waals surface area contributed by atoms with Crippen LogP contribution < -0.4 is 31.9 Å². The molecule has 0 spiro atoms. The van der Waals surface area contributed by atoms with Gasteiger partial charge in [-0.05, 0) is 126 Å². The van der Waals surface area contributed by atoms with Gasteiger partial charge in [0.2, 0.25) is 0 Å². The number of phenols is 3. The quantitative estimate of drug-likeness (QED) is 0.0436. The van der Waals surface area contributed by atoms with E-state index in [2.05, 4.69) is 31.9 Å². The van der Waals surface area contributed by atoms with Crippen molar-refractivity contribution in [3.8, 4) is 17.2 Å². The topological polar surface area (TPSA) is 262 Å². The van der Waals surface area contributed by atoms with Crippen LogP contribution in [0.1, 0.15) is 66.7 Å². The summed E-state index contributed by atoms with van der Waals surface area (Å²) in [6.07, 6.45) is 6.31. The fourth-order valence-electron chi connectivity index (χ4n) is 4.98. The van der Waals surface area contributed by atoms with Crippen LogP contribution in [0.15, 0.2) is 54.6 Å². The average Bonchev–Trinajstić information content (AvgIpc) is 3.09. The number of nitro benzene ring substituents is 3. The van der Waals surface area contributed by atoms with E-state index >= 15 is 0 Å². The zero-order valence-corrected chi connectivity index (χ0v) is 33.9. The maximum Gasteiger partial charge on any atom is 0.312 e. The molecule has 0 unspecified atom stereocenters. The molecule has 0 bridgehead atoms. The van der Waals surface area contributed by atoms with Crippen LogP contribution in [-0.2, 0) is 0 Å². The highest BCUT2D eigenvalue weighted by Crippen LogP contribution is 2.30. The molecule has 0 amide bonds. The zero-order chi connectivity index (χ0) is 42.2. The zero-order valence-electron chi connectivity index (χ0n) is 31.5. The van der Waals surface area contributed by atoms with Crippen molar-refractivity contribution in [2.24, 2.45) is 5.92 Å². The van der Waals surface area contributed by atoms with Crippen LogP contribution in [0.2, 0.25) is 0 Å². The first-order valence-corrected chi connectivity index (χ1v) is 18.5. The van der Waals surface area contributed by atoms with Crippen LogP contribution in [0.3, 0.4) is 0 Å². The lowest BCUT2D eigenvalue weighted by molar-refractivity contribution is -0.385. The molecular formula is C35H47N9O9S3. The molecule has 0 atom stereocenters. The van der Waals surface area contributed by atoms with Gasteiger partial charge in [0.15, 0.2) is 32.6 Å². The minimum atomic E-state index is -0.653. The highest BCUT2D eigenvalue weighted by Gasteiger charge is 2.18. The summed E-state index contributed by atoms with van der Waals surface area (Å²) in [7, 11) is 0. The fourth-order valence-corrected chi connectivity index (χ4v) is 5.96. The van der Waals surface area contributed by atoms with Crippen LogP contribution in [0, 0.1) is 36.3 Å². The molecule has 18 nitrogen and oxygen atoms in total. The Bertz CT molecular complexity index is 1890. The number of phenolic OH excluding ortho intramolecular Hbond substituents is 3. The molecular weight excluding hydrogens is 787 g/mol. The number of nitrogens with one attached hydrogen (secondary N) is 6. The second-order valence-corrected chi connectivity index (χ2v) is 15.0. The monoisotopic (exact) mass is 833 g/mol. The van der Waals surface area contributed by atoms with Gasteiger partial charge in [0.25, 0.3) is 0 Å². The van der Waals surface area contributed by atoms with Crippen molar-refractivity contribution in [3.63, 3.8) is 0 Å². The molecule has 0 aliphatic heterocycles. The van der Waals surface area contributed by atoms with Crippen LogP contribution in [0.4, 0.5) is 34.1 Å². The van der Waals surface area contributed by atoms with E-state index < -0.39 is 14.8 Å². The van der Waals surface area contributed by atoms with E-state index in [9.17, 15) is 45.7 Å². The lowest BCUT2D eigenvalue weighted by Crippen LogP contribution is -2.42. The van der Waals surface area contributed by atoms with E-state index in [0.29, 0.717) is 38.3 Å². The van der Waals surface area contributed by atoms with Crippen molar-refractivity contribution in [1.29, 1.82) is 0 Å². The first kappa shape index (κ1) is 46.5. The van der Waals surface area contributed by atoms with Gasteiger partial charge in [-0.1, -0.05) is 19.3 Å². The number of rotatable bonds is 9. The third-order valence-electron chi connectivity index (χ3n) is 7.47. The summed E-state index contributed by atoms with van der Waals surface area (Å²) in [5.41, 5.74) is 0.123. The van der Waals surface area contributed by atoms with Crippen LogP contribution in [0.5, 0.6) is 17.2 Å². The molecule has 1 saturated carbocycles. The van der Waals surface area contributed by atoms with Crippen molar-refractivity contribution in [2.75, 3.05) is 22.5 Å². The van der Waals surface area contributed by atoms with Gasteiger partial charge in [-0.15, -0.1) is 0 Å². The third kappa shape index (κ3) is 17.2. The first-order chi connectivity index (χ1) is 26.1. The van der Waals surface area contributed by atoms with Gasteiger partial charge in [-0.3, -0.25) is 30.3 Å². The molecule has 21 heteroatoms. The predicted octanol–water partition coefficient (Wildman–Crippen LogP) is 7.55. The smallest absolute Gasteiger partial charge is 0.312 e. The number of anilines is 3. The molecule has 0 radical (unpaired) electrons. The molecule has 4 rings (SSSR count). The second kappa shape index (κ2) is 22.0. The normalized spacial score (nSPS) is 12.3. The van der Waals surface area contributed by atoms with E-state index in [1.807, 2.05) is 34.6 Å². The lowest BCUT2D eigenvalue weighted by Gasteiger charge is -2.23. The van der Waals surface area contributed by atoms with Crippen molar-refractivity contribution in [2.45, 2.75) is 78.3 Å². The van der Waals surface area contributed by atoms with Crippen molar-refractivity contribution < 1.29 is 30.1 Å². The van der Waals surface area contributed by atoms with Crippen molar-refractivity contribution in [3.05, 3.63) is 84.9 Å². The molecule has 0 aromatic heterocycles. The summed E-state index contributed by atoms with van der Waals surface area (Å²) >= 11 is 15.3. The van der Waals surface area contributed by atoms with Gasteiger partial charge in [0, 0.05) is 53.4 Å². The number of benzene rings is 3. The second-order valence-electron chi connectivity index (χ2n) is 13.8. The molecule has 56 heavy (non-hydrogen) atoms. The number of thiocarbonyl (C=S) groups is 3. The van der Waals surface area contributed by atoms with E-state index in [1.54, 1.807) is 6.07 Å². The summed E-state index contributed by atoms with van der Waals surface area (Å²) in [4.78, 5) is 30.1. The van der Waals surface area contributed by atoms with Crippen molar-refractivity contribution >= 4 is 86.1 Å². The Balaban J connectivity index is 0.000000292. The molecule has 3 aromatic carbocycles. The van der Waals surface area contributed by atoms with Gasteiger partial charge < -0.3 is 47.2 Å². The molecule has 1 aliphatic carbocycles. The minimum absolute atomic E-state index is 0.169. The van der Waals surface area contributed by atoms with Crippen LogP contribution in [-0.4, -0.2) is 63.6 Å². The first-order valence-electron chi connectivity index (χ1n) is 17.3. The molecule has 304 valence electrons. The Morgan fingerprint density at radius 2 is 1.05 bits per heavy atom. The van der Waals surface area contributed by atoms with Gasteiger partial charge in [0.1, 0.15) is 0 Å². The average molecular weight is 834 g/mol. The molecule has 1 aliphatic rings. The fraction of sp³-hybridized carbons (Fsp3) is 0.400.